The fourth-order valence-electron chi connectivity index (χ4n) is 2.01. The zero-order chi connectivity index (χ0) is 18.3. The second-order valence-electron chi connectivity index (χ2n) is 5.30. The normalized spacial score (nSPS) is 12.8. The Balaban J connectivity index is 1.88. The number of halogens is 3. The summed E-state index contributed by atoms with van der Waals surface area (Å²) in [7, 11) is 0. The molecule has 25 heavy (non-hydrogen) atoms. The molecule has 1 atom stereocenters. The van der Waals surface area contributed by atoms with Gasteiger partial charge in [-0.15, -0.1) is 0 Å². The van der Waals surface area contributed by atoms with Crippen LogP contribution in [0.4, 0.5) is 13.2 Å². The number of rotatable bonds is 6. The van der Waals surface area contributed by atoms with Gasteiger partial charge in [-0.3, -0.25) is 9.78 Å². The molecule has 0 aliphatic heterocycles. The lowest BCUT2D eigenvalue weighted by Gasteiger charge is -2.17. The number of amides is 1. The Bertz CT molecular complexity index is 731. The van der Waals surface area contributed by atoms with Gasteiger partial charge in [-0.2, -0.15) is 13.2 Å². The highest BCUT2D eigenvalue weighted by molar-refractivity contribution is 5.91. The Hall–Kier alpha value is -2.83. The lowest BCUT2D eigenvalue weighted by Crippen LogP contribution is -2.35. The van der Waals surface area contributed by atoms with Gasteiger partial charge in [0.15, 0.2) is 0 Å². The van der Waals surface area contributed by atoms with Gasteiger partial charge in [0.1, 0.15) is 12.4 Å². The van der Waals surface area contributed by atoms with Crippen molar-refractivity contribution in [2.45, 2.75) is 19.1 Å². The van der Waals surface area contributed by atoms with Crippen molar-refractivity contribution in [3.63, 3.8) is 0 Å². The summed E-state index contributed by atoms with van der Waals surface area (Å²) in [4.78, 5) is 15.8. The minimum absolute atomic E-state index is 0.0870. The number of carbonyl (C=O) groups excluding carboxylic acids is 1. The molecule has 1 N–H and O–H groups in total. The first-order valence-corrected chi connectivity index (χ1v) is 7.55. The summed E-state index contributed by atoms with van der Waals surface area (Å²) in [5.74, 6) is -0.647. The molecule has 0 saturated carbocycles. The molecule has 0 aliphatic carbocycles. The first kappa shape index (κ1) is 18.5. The van der Waals surface area contributed by atoms with Gasteiger partial charge in [0.2, 0.25) is 5.91 Å². The van der Waals surface area contributed by atoms with Crippen LogP contribution in [-0.4, -0.2) is 23.5 Å². The van der Waals surface area contributed by atoms with Crippen LogP contribution in [0.25, 0.3) is 6.08 Å². The van der Waals surface area contributed by atoms with E-state index in [1.807, 2.05) is 0 Å². The van der Waals surface area contributed by atoms with Crippen LogP contribution >= 0.6 is 0 Å². The first-order chi connectivity index (χ1) is 11.9. The fraction of sp³-hybridized carbons (Fsp3) is 0.222. The van der Waals surface area contributed by atoms with Crippen molar-refractivity contribution >= 4 is 12.0 Å². The maximum absolute atomic E-state index is 12.9. The average Bonchev–Trinajstić information content (AvgIpc) is 2.58. The molecule has 0 fully saturated rings. The summed E-state index contributed by atoms with van der Waals surface area (Å²) >= 11 is 0. The lowest BCUT2D eigenvalue weighted by atomic mass is 10.2. The van der Waals surface area contributed by atoms with Crippen molar-refractivity contribution in [3.05, 3.63) is 66.0 Å². The van der Waals surface area contributed by atoms with E-state index in [9.17, 15) is 18.0 Å². The van der Waals surface area contributed by atoms with Crippen molar-refractivity contribution in [3.8, 4) is 5.75 Å². The minimum Gasteiger partial charge on any atom is -0.491 e. The highest BCUT2D eigenvalue weighted by Gasteiger charge is 2.34. The number of para-hydroxylation sites is 1. The van der Waals surface area contributed by atoms with E-state index >= 15 is 0 Å². The van der Waals surface area contributed by atoms with Gasteiger partial charge in [0.25, 0.3) is 0 Å². The second-order valence-corrected chi connectivity index (χ2v) is 5.30. The molecule has 0 spiro atoms. The maximum Gasteiger partial charge on any atom is 0.419 e. The zero-order valence-electron chi connectivity index (χ0n) is 13.5. The van der Waals surface area contributed by atoms with E-state index in [1.165, 1.54) is 24.3 Å². The molecule has 0 radical (unpaired) electrons. The van der Waals surface area contributed by atoms with Crippen LogP contribution in [0.2, 0.25) is 0 Å². The highest BCUT2D eigenvalue weighted by Crippen LogP contribution is 2.35. The molecule has 7 heteroatoms. The van der Waals surface area contributed by atoms with E-state index in [1.54, 1.807) is 37.4 Å². The summed E-state index contributed by atoms with van der Waals surface area (Å²) in [6, 6.07) is 9.78. The number of benzene rings is 1. The molecule has 132 valence electrons. The Morgan fingerprint density at radius 3 is 2.64 bits per heavy atom. The van der Waals surface area contributed by atoms with Gasteiger partial charge in [0, 0.05) is 12.3 Å². The monoisotopic (exact) mass is 350 g/mol. The van der Waals surface area contributed by atoms with Crippen molar-refractivity contribution in [2.24, 2.45) is 0 Å². The smallest absolute Gasteiger partial charge is 0.419 e. The van der Waals surface area contributed by atoms with E-state index in [0.29, 0.717) is 5.69 Å². The van der Waals surface area contributed by atoms with Gasteiger partial charge >= 0.3 is 6.18 Å². The van der Waals surface area contributed by atoms with Crippen LogP contribution in [0, 0.1) is 0 Å². The van der Waals surface area contributed by atoms with Crippen molar-refractivity contribution < 1.29 is 22.7 Å². The summed E-state index contributed by atoms with van der Waals surface area (Å²) in [5, 5.41) is 2.62. The predicted octanol–water partition coefficient (Wildman–Crippen LogP) is 3.70. The SMILES string of the molecule is CC(COc1ccccc1C(F)(F)F)NC(=O)C=Cc1ccccn1. The molecule has 0 bridgehead atoms. The molecule has 1 amide bonds. The van der Waals surface area contributed by atoms with Crippen molar-refractivity contribution in [2.75, 3.05) is 6.61 Å². The average molecular weight is 350 g/mol. The Morgan fingerprint density at radius 1 is 1.24 bits per heavy atom. The van der Waals surface area contributed by atoms with Crippen LogP contribution in [0.3, 0.4) is 0 Å². The van der Waals surface area contributed by atoms with E-state index < -0.39 is 17.8 Å². The van der Waals surface area contributed by atoms with Crippen LogP contribution < -0.4 is 10.1 Å². The maximum atomic E-state index is 12.9. The third kappa shape index (κ3) is 5.95. The third-order valence-corrected chi connectivity index (χ3v) is 3.16. The molecule has 1 aromatic carbocycles. The summed E-state index contributed by atoms with van der Waals surface area (Å²) < 4.78 is 43.9. The highest BCUT2D eigenvalue weighted by atomic mass is 19.4. The quantitative estimate of drug-likeness (QED) is 0.809. The molecule has 0 saturated heterocycles. The van der Waals surface area contributed by atoms with Crippen LogP contribution in [0.5, 0.6) is 5.75 Å². The number of nitrogens with zero attached hydrogens (tertiary/aromatic N) is 1. The predicted molar refractivity (Wildman–Crippen MR) is 87.8 cm³/mol. The standard InChI is InChI=1S/C18H17F3N2O2/c1-13(23-17(24)10-9-14-6-4-5-11-22-14)12-25-16-8-3-2-7-15(16)18(19,20)21/h2-11,13H,12H2,1H3,(H,23,24). The number of hydrogen-bond acceptors (Lipinski definition) is 3. The molecular weight excluding hydrogens is 333 g/mol. The molecule has 1 unspecified atom stereocenters. The zero-order valence-corrected chi connectivity index (χ0v) is 13.5. The molecule has 1 heterocycles. The van der Waals surface area contributed by atoms with Gasteiger partial charge in [0.05, 0.1) is 17.3 Å². The first-order valence-electron chi connectivity index (χ1n) is 7.55. The summed E-state index contributed by atoms with van der Waals surface area (Å²) in [6.45, 7) is 1.55. The number of aromatic nitrogens is 1. The third-order valence-electron chi connectivity index (χ3n) is 3.16. The number of nitrogens with one attached hydrogen (secondary N) is 1. The lowest BCUT2D eigenvalue weighted by molar-refractivity contribution is -0.139. The summed E-state index contributed by atoms with van der Waals surface area (Å²) in [6.07, 6.45) is -0.0367. The van der Waals surface area contributed by atoms with Crippen molar-refractivity contribution in [1.82, 2.24) is 10.3 Å². The topological polar surface area (TPSA) is 51.2 Å². The van der Waals surface area contributed by atoms with Gasteiger partial charge < -0.3 is 10.1 Å². The van der Waals surface area contributed by atoms with E-state index in [0.717, 1.165) is 6.07 Å². The molecule has 2 rings (SSSR count). The molecule has 4 nitrogen and oxygen atoms in total. The van der Waals surface area contributed by atoms with Gasteiger partial charge in [-0.1, -0.05) is 18.2 Å². The number of hydrogen-bond donors (Lipinski definition) is 1. The number of alkyl halides is 3. The molecule has 1 aromatic heterocycles. The molecular formula is C18H17F3N2O2. The summed E-state index contributed by atoms with van der Waals surface area (Å²) in [5.41, 5.74) is -0.218. The molecule has 0 aliphatic rings. The van der Waals surface area contributed by atoms with Gasteiger partial charge in [-0.25, -0.2) is 0 Å². The second kappa shape index (κ2) is 8.32. The fourth-order valence-corrected chi connectivity index (χ4v) is 2.01. The van der Waals surface area contributed by atoms with E-state index in [-0.39, 0.29) is 18.3 Å². The largest absolute Gasteiger partial charge is 0.491 e. The minimum atomic E-state index is -4.49. The Labute approximate surface area is 143 Å². The Morgan fingerprint density at radius 2 is 1.96 bits per heavy atom. The van der Waals surface area contributed by atoms with Crippen LogP contribution in [0.15, 0.2) is 54.7 Å². The van der Waals surface area contributed by atoms with E-state index in [2.05, 4.69) is 10.3 Å². The van der Waals surface area contributed by atoms with Crippen LogP contribution in [-0.2, 0) is 11.0 Å². The van der Waals surface area contributed by atoms with Crippen LogP contribution in [0.1, 0.15) is 18.2 Å². The Kier molecular flexibility index (Phi) is 6.16. The number of pyridine rings is 1. The van der Waals surface area contributed by atoms with Gasteiger partial charge in [-0.05, 0) is 37.3 Å². The number of ether oxygens (including phenoxy) is 1. The molecule has 2 aromatic rings. The number of carbonyl (C=O) groups is 1. The van der Waals surface area contributed by atoms with Crippen molar-refractivity contribution in [1.29, 1.82) is 0 Å². The van der Waals surface area contributed by atoms with E-state index in [4.69, 9.17) is 4.74 Å².